The van der Waals surface area contributed by atoms with Crippen LogP contribution in [-0.4, -0.2) is 20.5 Å². The minimum absolute atomic E-state index is 0.128. The van der Waals surface area contributed by atoms with Gasteiger partial charge in [0.05, 0.1) is 21.8 Å². The van der Waals surface area contributed by atoms with Crippen molar-refractivity contribution in [3.8, 4) is 5.82 Å². The number of ketones is 1. The van der Waals surface area contributed by atoms with Gasteiger partial charge in [-0.1, -0.05) is 28.9 Å². The molecule has 0 saturated heterocycles. The predicted molar refractivity (Wildman–Crippen MR) is 75.9 cm³/mol. The van der Waals surface area contributed by atoms with Crippen LogP contribution in [0.25, 0.3) is 5.82 Å². The molecule has 1 aliphatic rings. The maximum atomic E-state index is 12.2. The summed E-state index contributed by atoms with van der Waals surface area (Å²) in [7, 11) is 0. The molecule has 0 aliphatic heterocycles. The van der Waals surface area contributed by atoms with Crippen LogP contribution in [0.15, 0.2) is 24.4 Å². The fourth-order valence-electron chi connectivity index (χ4n) is 2.57. The molecule has 0 amide bonds. The molecule has 5 heteroatoms. The largest absolute Gasteiger partial charge is 0.294 e. The average Bonchev–Trinajstić information content (AvgIpc) is 2.75. The van der Waals surface area contributed by atoms with E-state index >= 15 is 0 Å². The first kappa shape index (κ1) is 12.5. The molecule has 0 aromatic carbocycles. The Bertz CT molecular complexity index is 636. The minimum Gasteiger partial charge on any atom is -0.294 e. The maximum absolute atomic E-state index is 12.2. The number of pyridine rings is 1. The smallest absolute Gasteiger partial charge is 0.166 e. The highest BCUT2D eigenvalue weighted by atomic mass is 79.9. The lowest BCUT2D eigenvalue weighted by Gasteiger charge is -2.24. The fraction of sp³-hybridized carbons (Fsp3) is 0.357. The molecule has 98 valence electrons. The van der Waals surface area contributed by atoms with Crippen molar-refractivity contribution in [2.24, 2.45) is 5.92 Å². The van der Waals surface area contributed by atoms with Gasteiger partial charge < -0.3 is 0 Å². The molecule has 0 radical (unpaired) electrons. The van der Waals surface area contributed by atoms with E-state index in [-0.39, 0.29) is 16.5 Å². The molecular formula is C14H14BrN3O. The molecule has 0 saturated carbocycles. The summed E-state index contributed by atoms with van der Waals surface area (Å²) >= 11 is 3.70. The van der Waals surface area contributed by atoms with E-state index in [1.165, 1.54) is 0 Å². The molecule has 2 aromatic rings. The van der Waals surface area contributed by atoms with Gasteiger partial charge in [0.1, 0.15) is 0 Å². The summed E-state index contributed by atoms with van der Waals surface area (Å²) in [6.07, 6.45) is 2.30. The molecule has 4 nitrogen and oxygen atoms in total. The van der Waals surface area contributed by atoms with Crippen molar-refractivity contribution in [3.63, 3.8) is 0 Å². The van der Waals surface area contributed by atoms with Gasteiger partial charge in [-0.05, 0) is 25.0 Å². The molecule has 2 atom stereocenters. The summed E-state index contributed by atoms with van der Waals surface area (Å²) in [6.45, 7) is 3.96. The Kier molecular flexibility index (Phi) is 3.01. The molecule has 0 bridgehead atoms. The standard InChI is InChI=1S/C14H14BrN3O/c1-8-7-10(19)12-9(2)17-18(14(12)13(8)15)11-5-3-4-6-16-11/h3-6,8,13H,7H2,1-2H3. The first-order valence-corrected chi connectivity index (χ1v) is 7.19. The van der Waals surface area contributed by atoms with E-state index in [4.69, 9.17) is 0 Å². The fourth-order valence-corrected chi connectivity index (χ4v) is 3.18. The molecular weight excluding hydrogens is 306 g/mol. The molecule has 2 heterocycles. The third-order valence-electron chi connectivity index (χ3n) is 3.51. The van der Waals surface area contributed by atoms with Crippen LogP contribution in [0.5, 0.6) is 0 Å². The minimum atomic E-state index is 0.128. The van der Waals surface area contributed by atoms with E-state index in [2.05, 4.69) is 32.9 Å². The van der Waals surface area contributed by atoms with Crippen LogP contribution in [0.3, 0.4) is 0 Å². The normalized spacial score (nSPS) is 22.4. The zero-order chi connectivity index (χ0) is 13.6. The quantitative estimate of drug-likeness (QED) is 0.758. The summed E-state index contributed by atoms with van der Waals surface area (Å²) in [4.78, 5) is 16.7. The van der Waals surface area contributed by atoms with Gasteiger partial charge >= 0.3 is 0 Å². The highest BCUT2D eigenvalue weighted by molar-refractivity contribution is 9.09. The molecule has 2 unspecified atom stereocenters. The highest BCUT2D eigenvalue weighted by Gasteiger charge is 2.35. The SMILES string of the molecule is Cc1nn(-c2ccccn2)c2c1C(=O)CC(C)C2Br. The van der Waals surface area contributed by atoms with E-state index in [0.29, 0.717) is 6.42 Å². The Balaban J connectivity index is 2.24. The number of alkyl halides is 1. The third kappa shape index (κ3) is 1.92. The zero-order valence-electron chi connectivity index (χ0n) is 10.8. The van der Waals surface area contributed by atoms with Crippen molar-refractivity contribution in [2.75, 3.05) is 0 Å². The summed E-state index contributed by atoms with van der Waals surface area (Å²) < 4.78 is 1.79. The second-order valence-corrected chi connectivity index (χ2v) is 5.94. The summed E-state index contributed by atoms with van der Waals surface area (Å²) in [6, 6.07) is 5.69. The number of hydrogen-bond donors (Lipinski definition) is 0. The van der Waals surface area contributed by atoms with Crippen LogP contribution in [0.4, 0.5) is 0 Å². The summed E-state index contributed by atoms with van der Waals surface area (Å²) in [5.74, 6) is 1.19. The molecule has 0 spiro atoms. The Morgan fingerprint density at radius 2 is 2.21 bits per heavy atom. The van der Waals surface area contributed by atoms with Gasteiger partial charge in [-0.25, -0.2) is 9.67 Å². The lowest BCUT2D eigenvalue weighted by atomic mass is 9.87. The number of carbonyl (C=O) groups excluding carboxylic acids is 1. The zero-order valence-corrected chi connectivity index (χ0v) is 12.4. The van der Waals surface area contributed by atoms with E-state index in [1.807, 2.05) is 25.1 Å². The second-order valence-electron chi connectivity index (χ2n) is 4.95. The Hall–Kier alpha value is -1.49. The number of aryl methyl sites for hydroxylation is 1. The van der Waals surface area contributed by atoms with Crippen molar-refractivity contribution in [3.05, 3.63) is 41.3 Å². The van der Waals surface area contributed by atoms with Gasteiger partial charge in [0.15, 0.2) is 11.6 Å². The second kappa shape index (κ2) is 4.56. The molecule has 19 heavy (non-hydrogen) atoms. The van der Waals surface area contributed by atoms with Crippen molar-refractivity contribution in [1.29, 1.82) is 0 Å². The van der Waals surface area contributed by atoms with Crippen LogP contribution in [0.2, 0.25) is 0 Å². The summed E-state index contributed by atoms with van der Waals surface area (Å²) in [5, 5.41) is 4.50. The van der Waals surface area contributed by atoms with Crippen molar-refractivity contribution < 1.29 is 4.79 Å². The monoisotopic (exact) mass is 319 g/mol. The Morgan fingerprint density at radius 1 is 1.42 bits per heavy atom. The lowest BCUT2D eigenvalue weighted by Crippen LogP contribution is -2.22. The van der Waals surface area contributed by atoms with Crippen LogP contribution in [0.1, 0.15) is 39.9 Å². The van der Waals surface area contributed by atoms with Gasteiger partial charge in [-0.2, -0.15) is 5.10 Å². The molecule has 0 N–H and O–H groups in total. The number of carbonyl (C=O) groups is 1. The Labute approximate surface area is 120 Å². The van der Waals surface area contributed by atoms with Crippen LogP contribution < -0.4 is 0 Å². The van der Waals surface area contributed by atoms with Crippen molar-refractivity contribution in [2.45, 2.75) is 25.1 Å². The van der Waals surface area contributed by atoms with E-state index in [0.717, 1.165) is 22.8 Å². The number of fused-ring (bicyclic) bond motifs is 1. The van der Waals surface area contributed by atoms with E-state index in [9.17, 15) is 4.79 Å². The number of hydrogen-bond acceptors (Lipinski definition) is 3. The Morgan fingerprint density at radius 3 is 2.89 bits per heavy atom. The van der Waals surface area contributed by atoms with Gasteiger partial charge in [-0.3, -0.25) is 4.79 Å². The number of Topliss-reactive ketones (excluding diaryl/α,β-unsaturated/α-hetero) is 1. The van der Waals surface area contributed by atoms with Crippen molar-refractivity contribution >= 4 is 21.7 Å². The van der Waals surface area contributed by atoms with E-state index < -0.39 is 0 Å². The van der Waals surface area contributed by atoms with Crippen LogP contribution >= 0.6 is 15.9 Å². The van der Waals surface area contributed by atoms with Crippen LogP contribution in [0, 0.1) is 12.8 Å². The highest BCUT2D eigenvalue weighted by Crippen LogP contribution is 2.41. The third-order valence-corrected chi connectivity index (χ3v) is 4.85. The topological polar surface area (TPSA) is 47.8 Å². The number of rotatable bonds is 1. The first-order valence-electron chi connectivity index (χ1n) is 6.27. The predicted octanol–water partition coefficient (Wildman–Crippen LogP) is 3.23. The number of aromatic nitrogens is 3. The van der Waals surface area contributed by atoms with Gasteiger partial charge in [0.25, 0.3) is 0 Å². The van der Waals surface area contributed by atoms with Gasteiger partial charge in [0, 0.05) is 12.6 Å². The maximum Gasteiger partial charge on any atom is 0.166 e. The molecule has 2 aromatic heterocycles. The summed E-state index contributed by atoms with van der Waals surface area (Å²) in [5.41, 5.74) is 2.47. The lowest BCUT2D eigenvalue weighted by molar-refractivity contribution is 0.0951. The van der Waals surface area contributed by atoms with Gasteiger partial charge in [0.2, 0.25) is 0 Å². The van der Waals surface area contributed by atoms with Gasteiger partial charge in [-0.15, -0.1) is 0 Å². The number of nitrogens with zero attached hydrogens (tertiary/aromatic N) is 3. The van der Waals surface area contributed by atoms with Crippen molar-refractivity contribution in [1.82, 2.24) is 14.8 Å². The molecule has 0 fully saturated rings. The number of halogens is 1. The average molecular weight is 320 g/mol. The molecule has 3 rings (SSSR count). The molecule has 1 aliphatic carbocycles. The first-order chi connectivity index (χ1) is 9.09. The van der Waals surface area contributed by atoms with Crippen LogP contribution in [-0.2, 0) is 0 Å². The van der Waals surface area contributed by atoms with E-state index in [1.54, 1.807) is 10.9 Å².